The summed E-state index contributed by atoms with van der Waals surface area (Å²) in [4.78, 5) is 42.5. The average Bonchev–Trinajstić information content (AvgIpc) is 2.37. The van der Waals surface area contributed by atoms with Crippen LogP contribution in [0.2, 0.25) is 0 Å². The predicted molar refractivity (Wildman–Crippen MR) is 69.0 cm³/mol. The number of aliphatic hydroxyl groups excluding tert-OH is 1. The van der Waals surface area contributed by atoms with Crippen molar-refractivity contribution in [1.29, 1.82) is 0 Å². The molecule has 2 unspecified atom stereocenters. The molecule has 1 saturated heterocycles. The molecule has 1 heterocycles. The van der Waals surface area contributed by atoms with Gasteiger partial charge in [-0.05, 0) is 34.6 Å². The molecule has 1 N–H and O–H groups in total. The number of esters is 3. The molecule has 1 aliphatic heterocycles. The second-order valence-corrected chi connectivity index (χ2v) is 4.52. The quantitative estimate of drug-likeness (QED) is 0.560. The zero-order valence-corrected chi connectivity index (χ0v) is 12.6. The molecular formula is C13H20O8. The van der Waals surface area contributed by atoms with E-state index in [2.05, 4.69) is 14.2 Å². The van der Waals surface area contributed by atoms with E-state index >= 15 is 0 Å². The topological polar surface area (TPSA) is 116 Å². The van der Waals surface area contributed by atoms with Crippen LogP contribution in [0.4, 0.5) is 0 Å². The van der Waals surface area contributed by atoms with Crippen molar-refractivity contribution in [3.63, 3.8) is 0 Å². The first kappa shape index (κ1) is 19.0. The van der Waals surface area contributed by atoms with E-state index in [1.165, 1.54) is 34.6 Å². The third kappa shape index (κ3) is 6.84. The number of ether oxygens (including phenoxy) is 3. The Morgan fingerprint density at radius 1 is 1.10 bits per heavy atom. The van der Waals surface area contributed by atoms with Crippen LogP contribution < -0.4 is 0 Å². The Labute approximate surface area is 122 Å². The third-order valence-electron chi connectivity index (χ3n) is 2.46. The molecule has 0 bridgehead atoms. The third-order valence-corrected chi connectivity index (χ3v) is 2.46. The van der Waals surface area contributed by atoms with Crippen LogP contribution in [0.15, 0.2) is 0 Å². The molecule has 0 aromatic heterocycles. The van der Waals surface area contributed by atoms with Gasteiger partial charge in [0.2, 0.25) is 0 Å². The summed E-state index contributed by atoms with van der Waals surface area (Å²) in [6, 6.07) is 0. The van der Waals surface area contributed by atoms with E-state index in [1.54, 1.807) is 0 Å². The Bertz CT molecular complexity index is 394. The predicted octanol–water partition coefficient (Wildman–Crippen LogP) is -0.249. The zero-order valence-electron chi connectivity index (χ0n) is 12.6. The van der Waals surface area contributed by atoms with E-state index in [-0.39, 0.29) is 5.78 Å². The normalized spacial score (nSPS) is 23.7. The fourth-order valence-electron chi connectivity index (χ4n) is 0.992. The molecule has 0 spiro atoms. The molecule has 0 aromatic rings. The average molecular weight is 304 g/mol. The summed E-state index contributed by atoms with van der Waals surface area (Å²) in [6.07, 6.45) is -3.43. The lowest BCUT2D eigenvalue weighted by molar-refractivity contribution is -0.191. The molecule has 1 aliphatic rings. The largest absolute Gasteiger partial charge is 0.453 e. The highest BCUT2D eigenvalue weighted by Crippen LogP contribution is 2.08. The van der Waals surface area contributed by atoms with Gasteiger partial charge >= 0.3 is 17.9 Å². The van der Waals surface area contributed by atoms with Crippen LogP contribution in [-0.4, -0.2) is 53.2 Å². The minimum Gasteiger partial charge on any atom is -0.453 e. The molecule has 120 valence electrons. The van der Waals surface area contributed by atoms with Gasteiger partial charge in [-0.2, -0.15) is 0 Å². The summed E-state index contributed by atoms with van der Waals surface area (Å²) in [7, 11) is 0. The second-order valence-electron chi connectivity index (χ2n) is 4.52. The number of aliphatic hydroxyl groups is 1. The Balaban J connectivity index is 0.000000382. The molecule has 8 nitrogen and oxygen atoms in total. The summed E-state index contributed by atoms with van der Waals surface area (Å²) in [6.45, 7) is 7.02. The maximum atomic E-state index is 10.7. The van der Waals surface area contributed by atoms with Crippen molar-refractivity contribution in [2.75, 3.05) is 0 Å². The van der Waals surface area contributed by atoms with Gasteiger partial charge in [0.1, 0.15) is 6.10 Å². The van der Waals surface area contributed by atoms with E-state index in [0.29, 0.717) is 0 Å². The van der Waals surface area contributed by atoms with Crippen molar-refractivity contribution in [3.05, 3.63) is 0 Å². The molecule has 0 radical (unpaired) electrons. The number of carbonyl (C=O) groups is 4. The fourth-order valence-corrected chi connectivity index (χ4v) is 0.992. The van der Waals surface area contributed by atoms with Crippen molar-refractivity contribution in [2.45, 2.75) is 59.0 Å². The van der Waals surface area contributed by atoms with Gasteiger partial charge in [0.15, 0.2) is 24.1 Å². The van der Waals surface area contributed by atoms with Crippen molar-refractivity contribution in [2.24, 2.45) is 0 Å². The van der Waals surface area contributed by atoms with Gasteiger partial charge in [-0.3, -0.25) is 4.79 Å². The molecule has 0 aliphatic carbocycles. The van der Waals surface area contributed by atoms with Gasteiger partial charge in [0.05, 0.1) is 0 Å². The first-order chi connectivity index (χ1) is 9.56. The zero-order chi connectivity index (χ0) is 16.7. The standard InChI is InChI=1S/C7H12O4.C6H8O4/c1-4(8)6(3)11-7(10)5(2)9;1-3-5(7)10-4(2)6(8)9-3/h5-6,9H,1-3H3;3-4H,1-2H3/t;3-,4+. The van der Waals surface area contributed by atoms with E-state index in [4.69, 9.17) is 5.11 Å². The lowest BCUT2D eigenvalue weighted by Gasteiger charge is -2.22. The first-order valence-corrected chi connectivity index (χ1v) is 6.36. The number of rotatable bonds is 3. The Kier molecular flexibility index (Phi) is 7.57. The monoisotopic (exact) mass is 304 g/mol. The van der Waals surface area contributed by atoms with Gasteiger partial charge in [0, 0.05) is 0 Å². The highest BCUT2D eigenvalue weighted by Gasteiger charge is 2.32. The van der Waals surface area contributed by atoms with Gasteiger partial charge in [0.25, 0.3) is 0 Å². The number of ketones is 1. The first-order valence-electron chi connectivity index (χ1n) is 6.36. The molecular weight excluding hydrogens is 284 g/mol. The summed E-state index contributed by atoms with van der Waals surface area (Å²) < 4.78 is 13.7. The summed E-state index contributed by atoms with van der Waals surface area (Å²) in [5.74, 6) is -1.97. The second kappa shape index (κ2) is 8.35. The lowest BCUT2D eigenvalue weighted by atomic mass is 10.3. The number of hydrogen-bond donors (Lipinski definition) is 1. The lowest BCUT2D eigenvalue weighted by Crippen LogP contribution is -2.40. The Morgan fingerprint density at radius 3 is 1.76 bits per heavy atom. The molecule has 4 atom stereocenters. The minimum atomic E-state index is -1.17. The van der Waals surface area contributed by atoms with Gasteiger partial charge in [-0.25, -0.2) is 14.4 Å². The van der Waals surface area contributed by atoms with E-state index in [1.807, 2.05) is 0 Å². The number of cyclic esters (lactones) is 2. The van der Waals surface area contributed by atoms with Crippen LogP contribution in [0.25, 0.3) is 0 Å². The van der Waals surface area contributed by atoms with Crippen molar-refractivity contribution >= 4 is 23.7 Å². The maximum Gasteiger partial charge on any atom is 0.347 e. The molecule has 0 amide bonds. The number of Topliss-reactive ketones (excluding diaryl/α,β-unsaturated/α-hetero) is 1. The SMILES string of the molecule is CC(=O)C(C)OC(=O)C(C)O.C[C@@H]1OC(=O)[C@@H](C)OC1=O. The fraction of sp³-hybridized carbons (Fsp3) is 0.692. The Hall–Kier alpha value is -1.96. The number of carbonyl (C=O) groups excluding carboxylic acids is 4. The van der Waals surface area contributed by atoms with E-state index < -0.39 is 42.3 Å². The summed E-state index contributed by atoms with van der Waals surface area (Å²) in [5.41, 5.74) is 0. The van der Waals surface area contributed by atoms with Gasteiger partial charge in [-0.1, -0.05) is 0 Å². The van der Waals surface area contributed by atoms with Crippen LogP contribution in [0.3, 0.4) is 0 Å². The van der Waals surface area contributed by atoms with Crippen LogP contribution in [0, 0.1) is 0 Å². The van der Waals surface area contributed by atoms with Crippen molar-refractivity contribution < 1.29 is 38.5 Å². The van der Waals surface area contributed by atoms with E-state index in [9.17, 15) is 19.2 Å². The minimum absolute atomic E-state index is 0.237. The van der Waals surface area contributed by atoms with Crippen LogP contribution in [0.5, 0.6) is 0 Å². The van der Waals surface area contributed by atoms with Crippen LogP contribution in [0.1, 0.15) is 34.6 Å². The number of hydrogen-bond acceptors (Lipinski definition) is 8. The maximum absolute atomic E-state index is 10.7. The van der Waals surface area contributed by atoms with E-state index in [0.717, 1.165) is 0 Å². The van der Waals surface area contributed by atoms with Crippen molar-refractivity contribution in [1.82, 2.24) is 0 Å². The molecule has 21 heavy (non-hydrogen) atoms. The van der Waals surface area contributed by atoms with Gasteiger partial charge in [-0.15, -0.1) is 0 Å². The highest BCUT2D eigenvalue weighted by molar-refractivity contribution is 5.86. The van der Waals surface area contributed by atoms with Crippen molar-refractivity contribution in [3.8, 4) is 0 Å². The summed E-state index contributed by atoms with van der Waals surface area (Å²) >= 11 is 0. The van der Waals surface area contributed by atoms with Crippen LogP contribution >= 0.6 is 0 Å². The molecule has 8 heteroatoms. The highest BCUT2D eigenvalue weighted by atomic mass is 16.6. The molecule has 1 fully saturated rings. The summed E-state index contributed by atoms with van der Waals surface area (Å²) in [5, 5.41) is 8.67. The van der Waals surface area contributed by atoms with Gasteiger partial charge < -0.3 is 19.3 Å². The molecule has 1 rings (SSSR count). The molecule has 0 aromatic carbocycles. The smallest absolute Gasteiger partial charge is 0.347 e. The Morgan fingerprint density at radius 2 is 1.48 bits per heavy atom. The van der Waals surface area contributed by atoms with Crippen LogP contribution in [-0.2, 0) is 33.4 Å². The molecule has 0 saturated carbocycles.